The van der Waals surface area contributed by atoms with Gasteiger partial charge in [-0.2, -0.15) is 13.2 Å². The van der Waals surface area contributed by atoms with Crippen LogP contribution in [0.2, 0.25) is 0 Å². The first-order valence-corrected chi connectivity index (χ1v) is 19.3. The number of anilines is 1. The quantitative estimate of drug-likeness (QED) is 0.258. The van der Waals surface area contributed by atoms with E-state index in [2.05, 4.69) is 18.7 Å². The van der Waals surface area contributed by atoms with E-state index in [-0.39, 0.29) is 55.2 Å². The molecule has 0 unspecified atom stereocenters. The van der Waals surface area contributed by atoms with Gasteiger partial charge in [-0.15, -0.1) is 0 Å². The van der Waals surface area contributed by atoms with Crippen LogP contribution in [0.3, 0.4) is 0 Å². The lowest BCUT2D eigenvalue weighted by Crippen LogP contribution is -2.57. The summed E-state index contributed by atoms with van der Waals surface area (Å²) in [6.45, 7) is 6.38. The number of carbonyl (C=O) groups is 2. The Kier molecular flexibility index (Phi) is 12.5. The maximum Gasteiger partial charge on any atom is 0.416 e. The smallest absolute Gasteiger partial charge is 0.416 e. The molecule has 2 aromatic carbocycles. The number of benzene rings is 2. The Morgan fingerprint density at radius 2 is 1.63 bits per heavy atom. The van der Waals surface area contributed by atoms with Gasteiger partial charge in [0.2, 0.25) is 0 Å². The second kappa shape index (κ2) is 16.8. The zero-order chi connectivity index (χ0) is 38.8. The van der Waals surface area contributed by atoms with Gasteiger partial charge in [-0.1, -0.05) is 18.2 Å². The molecule has 1 saturated carbocycles. The number of piperidine rings is 1. The summed E-state index contributed by atoms with van der Waals surface area (Å²) in [5.41, 5.74) is 0.171. The summed E-state index contributed by atoms with van der Waals surface area (Å²) in [5.74, 6) is -1.40. The van der Waals surface area contributed by atoms with Crippen LogP contribution in [0.1, 0.15) is 87.3 Å². The van der Waals surface area contributed by atoms with Crippen LogP contribution in [-0.2, 0) is 30.0 Å². The van der Waals surface area contributed by atoms with E-state index in [0.717, 1.165) is 42.9 Å². The van der Waals surface area contributed by atoms with Gasteiger partial charge in [-0.05, 0) is 94.2 Å². The molecule has 6 rings (SSSR count). The predicted octanol–water partition coefficient (Wildman–Crippen LogP) is 6.57. The molecule has 3 aliphatic heterocycles. The number of methoxy groups -OCH3 is 3. The molecule has 4 fully saturated rings. The van der Waals surface area contributed by atoms with E-state index in [0.29, 0.717) is 56.9 Å². The Morgan fingerprint density at radius 1 is 0.944 bits per heavy atom. The summed E-state index contributed by atoms with van der Waals surface area (Å²) in [5, 5.41) is 9.57. The minimum absolute atomic E-state index is 0.148. The highest BCUT2D eigenvalue weighted by Gasteiger charge is 2.58. The van der Waals surface area contributed by atoms with Gasteiger partial charge < -0.3 is 33.9 Å². The van der Waals surface area contributed by atoms with Crippen molar-refractivity contribution in [3.63, 3.8) is 0 Å². The Morgan fingerprint density at radius 3 is 2.20 bits per heavy atom. The summed E-state index contributed by atoms with van der Waals surface area (Å²) >= 11 is 0. The number of amides is 1. The molecule has 0 radical (unpaired) electrons. The topological polar surface area (TPSA) is 101 Å². The second-order valence-corrected chi connectivity index (χ2v) is 15.8. The summed E-state index contributed by atoms with van der Waals surface area (Å²) in [4.78, 5) is 33.1. The number of ether oxygens (including phenoxy) is 4. The third-order valence-electron chi connectivity index (χ3n) is 12.3. The normalized spacial score (nSPS) is 28.6. The number of hydrogen-bond acceptors (Lipinski definition) is 8. The zero-order valence-electron chi connectivity index (χ0n) is 32.1. The Balaban J connectivity index is 1.31. The third-order valence-corrected chi connectivity index (χ3v) is 12.3. The van der Waals surface area contributed by atoms with Crippen LogP contribution in [0, 0.1) is 5.92 Å². The first kappa shape index (κ1) is 40.3. The van der Waals surface area contributed by atoms with E-state index < -0.39 is 29.2 Å². The maximum absolute atomic E-state index is 15.3. The fraction of sp³-hybridized carbons (Fsp3) is 0.659. The number of likely N-dealkylation sites (tertiary alicyclic amines) is 2. The molecule has 1 N–H and O–H groups in total. The number of nitrogens with zero attached hydrogens (tertiary/aromatic N) is 3. The highest BCUT2D eigenvalue weighted by Crippen LogP contribution is 2.47. The molecule has 10 nitrogen and oxygen atoms in total. The lowest BCUT2D eigenvalue weighted by molar-refractivity contribution is -0.157. The molecule has 3 saturated heterocycles. The molecule has 298 valence electrons. The van der Waals surface area contributed by atoms with E-state index in [1.54, 1.807) is 27.4 Å². The number of carboxylic acids is 1. The molecular formula is C41H56F3N3O7. The molecule has 2 aromatic rings. The molecule has 4 atom stereocenters. The van der Waals surface area contributed by atoms with Crippen molar-refractivity contribution in [1.29, 1.82) is 0 Å². The molecule has 3 heterocycles. The molecule has 4 aliphatic rings. The Labute approximate surface area is 316 Å². The van der Waals surface area contributed by atoms with Crippen molar-refractivity contribution in [2.75, 3.05) is 65.6 Å². The number of aliphatic carboxylic acids is 1. The maximum atomic E-state index is 15.3. The van der Waals surface area contributed by atoms with Crippen molar-refractivity contribution in [3.05, 3.63) is 59.2 Å². The van der Waals surface area contributed by atoms with Crippen molar-refractivity contribution in [1.82, 2.24) is 9.80 Å². The van der Waals surface area contributed by atoms with Crippen LogP contribution < -0.4 is 9.64 Å². The standard InChI is InChI=1S/C41H56F3N3O7/c1-26(2)54-34-13-9-31(10-14-34)46-23-36(27-6-11-33(52-4)12-7-27)40(25-46,53-5)39(50)47-22-29(20-32(47)24-51-3)35-15-8-30(41(42,43)44)21-37(35)45-18-16-28(17-19-45)38(48)49/h6-8,11-12,15,21,26,28-29,31-32,34,36H,9-10,13-14,16-20,22-25H2,1-5H3,(H,48,49)/t29-,31-,32+,34-,36+,40+/m1/s1. The minimum Gasteiger partial charge on any atom is -0.497 e. The van der Waals surface area contributed by atoms with Gasteiger partial charge in [0.15, 0.2) is 5.60 Å². The van der Waals surface area contributed by atoms with Crippen LogP contribution in [0.5, 0.6) is 5.75 Å². The van der Waals surface area contributed by atoms with Crippen molar-refractivity contribution in [2.45, 2.75) is 107 Å². The molecule has 0 bridgehead atoms. The van der Waals surface area contributed by atoms with Crippen LogP contribution in [0.25, 0.3) is 0 Å². The number of alkyl halides is 3. The fourth-order valence-corrected chi connectivity index (χ4v) is 9.48. The third kappa shape index (κ3) is 8.39. The molecule has 1 aliphatic carbocycles. The van der Waals surface area contributed by atoms with Gasteiger partial charge >= 0.3 is 12.1 Å². The van der Waals surface area contributed by atoms with Crippen LogP contribution in [0.15, 0.2) is 42.5 Å². The number of carboxylic acid groups (broad SMARTS) is 1. The highest BCUT2D eigenvalue weighted by molar-refractivity contribution is 5.88. The summed E-state index contributed by atoms with van der Waals surface area (Å²) in [6.07, 6.45) is 0.865. The average Bonchev–Trinajstić information content (AvgIpc) is 3.77. The summed E-state index contributed by atoms with van der Waals surface area (Å²) < 4.78 is 65.9. The Bertz CT molecular complexity index is 1590. The molecular weight excluding hydrogens is 703 g/mol. The lowest BCUT2D eigenvalue weighted by atomic mass is 9.83. The van der Waals surface area contributed by atoms with Gasteiger partial charge in [0.1, 0.15) is 5.75 Å². The summed E-state index contributed by atoms with van der Waals surface area (Å²) in [6, 6.07) is 11.6. The van der Waals surface area contributed by atoms with E-state index in [4.69, 9.17) is 18.9 Å². The first-order chi connectivity index (χ1) is 25.8. The van der Waals surface area contributed by atoms with Gasteiger partial charge in [-0.3, -0.25) is 14.5 Å². The largest absolute Gasteiger partial charge is 0.497 e. The highest BCUT2D eigenvalue weighted by atomic mass is 19.4. The number of halogens is 3. The monoisotopic (exact) mass is 759 g/mol. The number of carbonyl (C=O) groups excluding carboxylic acids is 1. The van der Waals surface area contributed by atoms with E-state index in [9.17, 15) is 23.1 Å². The van der Waals surface area contributed by atoms with Crippen molar-refractivity contribution >= 4 is 17.6 Å². The van der Waals surface area contributed by atoms with Crippen LogP contribution in [-0.4, -0.2) is 117 Å². The van der Waals surface area contributed by atoms with Gasteiger partial charge in [0.05, 0.1) is 43.4 Å². The number of hydrogen-bond donors (Lipinski definition) is 1. The van der Waals surface area contributed by atoms with Gasteiger partial charge in [0.25, 0.3) is 5.91 Å². The molecule has 13 heteroatoms. The minimum atomic E-state index is -4.54. The molecule has 0 spiro atoms. The predicted molar refractivity (Wildman–Crippen MR) is 198 cm³/mol. The van der Waals surface area contributed by atoms with Gasteiger partial charge in [0, 0.05) is 70.5 Å². The van der Waals surface area contributed by atoms with Crippen LogP contribution in [0.4, 0.5) is 18.9 Å². The SMILES string of the molecule is COC[C@@H]1C[C@@H](c2ccc(C(F)(F)F)cc2N2CCC(C(=O)O)CC2)CN1C(=O)[C@]1(OC)CN([C@H]2CC[C@H](OC(C)C)CC2)C[C@H]1c1ccc(OC)cc1. The fourth-order valence-electron chi connectivity index (χ4n) is 9.48. The molecule has 1 amide bonds. The van der Waals surface area contributed by atoms with Gasteiger partial charge in [-0.25, -0.2) is 0 Å². The molecule has 54 heavy (non-hydrogen) atoms. The van der Waals surface area contributed by atoms with Crippen molar-refractivity contribution in [3.8, 4) is 5.75 Å². The lowest BCUT2D eigenvalue weighted by Gasteiger charge is -2.39. The van der Waals surface area contributed by atoms with Crippen LogP contribution >= 0.6 is 0 Å². The van der Waals surface area contributed by atoms with Crippen molar-refractivity contribution in [2.24, 2.45) is 5.92 Å². The second-order valence-electron chi connectivity index (χ2n) is 15.8. The van der Waals surface area contributed by atoms with E-state index >= 15 is 4.79 Å². The van der Waals surface area contributed by atoms with Crippen molar-refractivity contribution < 1.29 is 46.8 Å². The van der Waals surface area contributed by atoms with E-state index in [1.165, 1.54) is 6.07 Å². The summed E-state index contributed by atoms with van der Waals surface area (Å²) in [7, 11) is 4.82. The first-order valence-electron chi connectivity index (χ1n) is 19.3. The number of rotatable bonds is 12. The zero-order valence-corrected chi connectivity index (χ0v) is 32.1. The molecule has 0 aromatic heterocycles. The average molecular weight is 760 g/mol. The van der Waals surface area contributed by atoms with E-state index in [1.807, 2.05) is 34.1 Å². The Hall–Kier alpha value is -3.39.